The summed E-state index contributed by atoms with van der Waals surface area (Å²) >= 11 is 6.12. The lowest BCUT2D eigenvalue weighted by Gasteiger charge is -2.32. The van der Waals surface area contributed by atoms with E-state index in [2.05, 4.69) is 4.98 Å². The lowest BCUT2D eigenvalue weighted by molar-refractivity contribution is 0.216. The molecule has 4 rings (SSSR count). The molecule has 22 heavy (non-hydrogen) atoms. The van der Waals surface area contributed by atoms with Crippen molar-refractivity contribution in [2.45, 2.75) is 12.5 Å². The smallest absolute Gasteiger partial charge is 0.123 e. The highest BCUT2D eigenvalue weighted by atomic mass is 35.5. The van der Waals surface area contributed by atoms with Crippen molar-refractivity contribution in [2.75, 3.05) is 6.54 Å². The zero-order valence-corrected chi connectivity index (χ0v) is 12.6. The molecule has 0 radical (unpaired) electrons. The van der Waals surface area contributed by atoms with Crippen molar-refractivity contribution in [3.63, 3.8) is 0 Å². The lowest BCUT2D eigenvalue weighted by atomic mass is 9.94. The molecule has 0 aliphatic carbocycles. The fourth-order valence-electron chi connectivity index (χ4n) is 3.31. The molecule has 0 fully saturated rings. The van der Waals surface area contributed by atoms with Crippen LogP contribution in [0.25, 0.3) is 10.9 Å². The van der Waals surface area contributed by atoms with E-state index in [0.29, 0.717) is 11.6 Å². The number of nitrogens with one attached hydrogen (secondary N) is 1. The van der Waals surface area contributed by atoms with Gasteiger partial charge in [0.15, 0.2) is 0 Å². The molecule has 5 heteroatoms. The third-order valence-corrected chi connectivity index (χ3v) is 4.53. The summed E-state index contributed by atoms with van der Waals surface area (Å²) in [6.07, 6.45) is 0.798. The summed E-state index contributed by atoms with van der Waals surface area (Å²) in [5.41, 5.74) is 4.13. The second-order valence-electron chi connectivity index (χ2n) is 5.65. The second-order valence-corrected chi connectivity index (χ2v) is 6.09. The van der Waals surface area contributed by atoms with Gasteiger partial charge in [-0.05, 0) is 47.9 Å². The van der Waals surface area contributed by atoms with E-state index in [1.54, 1.807) is 17.1 Å². The summed E-state index contributed by atoms with van der Waals surface area (Å²) in [7, 11) is 0. The van der Waals surface area contributed by atoms with Crippen LogP contribution in [0, 0.1) is 5.82 Å². The maximum absolute atomic E-state index is 13.6. The quantitative estimate of drug-likeness (QED) is 0.671. The first-order valence-corrected chi connectivity index (χ1v) is 7.58. The SMILES string of the molecule is NN1CCc2c([nH]c3ccc(F)cc23)C1c1cccc(Cl)c1. The van der Waals surface area contributed by atoms with Gasteiger partial charge in [-0.15, -0.1) is 0 Å². The van der Waals surface area contributed by atoms with Crippen molar-refractivity contribution in [1.82, 2.24) is 9.99 Å². The predicted octanol–water partition coefficient (Wildman–Crippen LogP) is 3.78. The molecule has 3 aromatic rings. The number of rotatable bonds is 1. The zero-order valence-electron chi connectivity index (χ0n) is 11.8. The molecule has 0 spiro atoms. The second kappa shape index (κ2) is 5.09. The van der Waals surface area contributed by atoms with Crippen molar-refractivity contribution < 1.29 is 4.39 Å². The molecule has 1 aromatic heterocycles. The monoisotopic (exact) mass is 315 g/mol. The van der Waals surface area contributed by atoms with Crippen molar-refractivity contribution in [3.05, 3.63) is 70.1 Å². The molecule has 3 nitrogen and oxygen atoms in total. The number of H-pyrrole nitrogens is 1. The zero-order chi connectivity index (χ0) is 15.3. The molecular weight excluding hydrogens is 301 g/mol. The number of hydrogen-bond acceptors (Lipinski definition) is 2. The minimum absolute atomic E-state index is 0.0992. The number of aromatic nitrogens is 1. The maximum Gasteiger partial charge on any atom is 0.123 e. The number of benzene rings is 2. The Balaban J connectivity index is 1.93. The van der Waals surface area contributed by atoms with Crippen LogP contribution in [-0.4, -0.2) is 16.5 Å². The van der Waals surface area contributed by atoms with Gasteiger partial charge in [-0.2, -0.15) is 0 Å². The van der Waals surface area contributed by atoms with E-state index >= 15 is 0 Å². The van der Waals surface area contributed by atoms with Crippen LogP contribution in [0.2, 0.25) is 5.02 Å². The molecule has 0 bridgehead atoms. The lowest BCUT2D eigenvalue weighted by Crippen LogP contribution is -2.41. The molecule has 0 amide bonds. The fraction of sp³-hybridized carbons (Fsp3) is 0.176. The number of nitrogens with zero attached hydrogens (tertiary/aromatic N) is 1. The Bertz CT molecular complexity index is 858. The van der Waals surface area contributed by atoms with Crippen LogP contribution in [0.15, 0.2) is 42.5 Å². The van der Waals surface area contributed by atoms with Crippen LogP contribution in [0.3, 0.4) is 0 Å². The molecule has 0 saturated heterocycles. The van der Waals surface area contributed by atoms with Crippen LogP contribution in [0.1, 0.15) is 22.9 Å². The van der Waals surface area contributed by atoms with E-state index < -0.39 is 0 Å². The Kier molecular flexibility index (Phi) is 3.18. The number of hydrazine groups is 1. The average Bonchev–Trinajstić information content (AvgIpc) is 2.84. The minimum atomic E-state index is -0.219. The van der Waals surface area contributed by atoms with E-state index in [1.807, 2.05) is 24.3 Å². The summed E-state index contributed by atoms with van der Waals surface area (Å²) in [5, 5.41) is 3.43. The first-order valence-electron chi connectivity index (χ1n) is 7.20. The highest BCUT2D eigenvalue weighted by Gasteiger charge is 2.30. The molecule has 1 aliphatic heterocycles. The highest BCUT2D eigenvalue weighted by molar-refractivity contribution is 6.30. The van der Waals surface area contributed by atoms with E-state index in [4.69, 9.17) is 17.4 Å². The minimum Gasteiger partial charge on any atom is -0.357 e. The summed E-state index contributed by atoms with van der Waals surface area (Å²) in [6, 6.07) is 12.4. The third-order valence-electron chi connectivity index (χ3n) is 4.29. The molecule has 1 atom stereocenters. The largest absolute Gasteiger partial charge is 0.357 e. The Hall–Kier alpha value is -1.88. The van der Waals surface area contributed by atoms with E-state index in [0.717, 1.165) is 34.1 Å². The molecule has 2 heterocycles. The number of halogens is 2. The molecule has 3 N–H and O–H groups in total. The molecular formula is C17H15ClFN3. The van der Waals surface area contributed by atoms with Crippen LogP contribution in [0.5, 0.6) is 0 Å². The maximum atomic E-state index is 13.6. The molecule has 2 aromatic carbocycles. The topological polar surface area (TPSA) is 45.0 Å². The first-order chi connectivity index (χ1) is 10.6. The number of fused-ring (bicyclic) bond motifs is 3. The van der Waals surface area contributed by atoms with Gasteiger partial charge in [-0.3, -0.25) is 5.84 Å². The highest BCUT2D eigenvalue weighted by Crippen LogP contribution is 2.37. The molecule has 0 saturated carbocycles. The average molecular weight is 316 g/mol. The predicted molar refractivity (Wildman–Crippen MR) is 86.1 cm³/mol. The Labute approximate surface area is 132 Å². The first kappa shape index (κ1) is 13.8. The van der Waals surface area contributed by atoms with E-state index in [1.165, 1.54) is 6.07 Å². The van der Waals surface area contributed by atoms with Crippen LogP contribution >= 0.6 is 11.6 Å². The van der Waals surface area contributed by atoms with Gasteiger partial charge in [0.1, 0.15) is 5.82 Å². The Morgan fingerprint density at radius 1 is 1.23 bits per heavy atom. The summed E-state index contributed by atoms with van der Waals surface area (Å²) in [5.74, 6) is 6.01. The normalized spacial score (nSPS) is 18.6. The fourth-order valence-corrected chi connectivity index (χ4v) is 3.51. The van der Waals surface area contributed by atoms with Gasteiger partial charge in [0.2, 0.25) is 0 Å². The number of aromatic amines is 1. The van der Waals surface area contributed by atoms with Crippen molar-refractivity contribution in [1.29, 1.82) is 0 Å². The molecule has 1 aliphatic rings. The van der Waals surface area contributed by atoms with Gasteiger partial charge in [-0.1, -0.05) is 23.7 Å². The molecule has 112 valence electrons. The van der Waals surface area contributed by atoms with E-state index in [-0.39, 0.29) is 11.9 Å². The van der Waals surface area contributed by atoms with Gasteiger partial charge in [0, 0.05) is 28.2 Å². The van der Waals surface area contributed by atoms with Gasteiger partial charge in [-0.25, -0.2) is 9.40 Å². The van der Waals surface area contributed by atoms with Crippen molar-refractivity contribution in [3.8, 4) is 0 Å². The van der Waals surface area contributed by atoms with Crippen molar-refractivity contribution in [2.24, 2.45) is 5.84 Å². The summed E-state index contributed by atoms with van der Waals surface area (Å²) < 4.78 is 13.6. The summed E-state index contributed by atoms with van der Waals surface area (Å²) in [4.78, 5) is 3.41. The van der Waals surface area contributed by atoms with Gasteiger partial charge in [0.05, 0.1) is 6.04 Å². The standard InChI is InChI=1S/C17H15ClFN3/c18-11-3-1-2-10(8-11)17-16-13(6-7-22(17)20)14-9-12(19)4-5-15(14)21-16/h1-5,8-9,17,21H,6-7,20H2. The van der Waals surface area contributed by atoms with Crippen LogP contribution < -0.4 is 5.84 Å². The Morgan fingerprint density at radius 2 is 2.09 bits per heavy atom. The van der Waals surface area contributed by atoms with E-state index in [9.17, 15) is 4.39 Å². The summed E-state index contributed by atoms with van der Waals surface area (Å²) in [6.45, 7) is 0.716. The van der Waals surface area contributed by atoms with Gasteiger partial charge >= 0.3 is 0 Å². The number of hydrogen-bond donors (Lipinski definition) is 2. The molecule has 1 unspecified atom stereocenters. The van der Waals surface area contributed by atoms with Crippen LogP contribution in [-0.2, 0) is 6.42 Å². The van der Waals surface area contributed by atoms with Gasteiger partial charge < -0.3 is 4.98 Å². The van der Waals surface area contributed by atoms with Gasteiger partial charge in [0.25, 0.3) is 0 Å². The Morgan fingerprint density at radius 3 is 2.91 bits per heavy atom. The third kappa shape index (κ3) is 2.11. The van der Waals surface area contributed by atoms with Crippen LogP contribution in [0.4, 0.5) is 4.39 Å². The van der Waals surface area contributed by atoms with Crippen molar-refractivity contribution >= 4 is 22.5 Å². The number of nitrogens with two attached hydrogens (primary N) is 1.